The van der Waals surface area contributed by atoms with Gasteiger partial charge in [-0.1, -0.05) is 86.9 Å². The smallest absolute Gasteiger partial charge is 0.162 e. The van der Waals surface area contributed by atoms with E-state index in [1.807, 2.05) is 33.9 Å². The molecule has 2 aromatic carbocycles. The van der Waals surface area contributed by atoms with Crippen molar-refractivity contribution in [3.05, 3.63) is 77.2 Å². The van der Waals surface area contributed by atoms with E-state index in [1.54, 1.807) is 0 Å². The molecule has 4 heteroatoms. The molecule has 1 heterocycles. The van der Waals surface area contributed by atoms with Gasteiger partial charge in [-0.2, -0.15) is 0 Å². The minimum Gasteiger partial charge on any atom is -0.512 e. The summed E-state index contributed by atoms with van der Waals surface area (Å²) >= 11 is 0. The number of hydrogen-bond acceptors (Lipinski definition) is 3. The Labute approximate surface area is 282 Å². The average Bonchev–Trinajstić information content (AvgIpc) is 2.98. The van der Waals surface area contributed by atoms with E-state index in [-0.39, 0.29) is 50.9 Å². The summed E-state index contributed by atoms with van der Waals surface area (Å²) in [6, 6.07) is 17.1. The van der Waals surface area contributed by atoms with E-state index in [1.165, 1.54) is 72.1 Å². The third kappa shape index (κ3) is 11.0. The summed E-state index contributed by atoms with van der Waals surface area (Å²) in [6.45, 7) is 14.6. The molecule has 3 aromatic rings. The van der Waals surface area contributed by atoms with Crippen molar-refractivity contribution in [1.29, 1.82) is 0 Å². The molecule has 44 heavy (non-hydrogen) atoms. The van der Waals surface area contributed by atoms with E-state index in [9.17, 15) is 9.90 Å². The molecule has 1 aromatic heterocycles. The van der Waals surface area contributed by atoms with Crippen LogP contribution < -0.4 is 0 Å². The second-order valence-corrected chi connectivity index (χ2v) is 12.4. The molecule has 0 amide bonds. The number of fused-ring (bicyclic) bond motifs is 1. The number of hydrogen-bond donors (Lipinski definition) is 1. The van der Waals surface area contributed by atoms with Crippen LogP contribution in [0.5, 0.6) is 0 Å². The van der Waals surface area contributed by atoms with Crippen molar-refractivity contribution in [1.82, 2.24) is 4.98 Å². The van der Waals surface area contributed by atoms with Crippen LogP contribution in [0.3, 0.4) is 0 Å². The van der Waals surface area contributed by atoms with Crippen LogP contribution in [0.4, 0.5) is 0 Å². The Balaban J connectivity index is 0.000000494. The Morgan fingerprint density at radius 1 is 0.932 bits per heavy atom. The van der Waals surface area contributed by atoms with Crippen LogP contribution in [0, 0.1) is 37.7 Å². The Kier molecular flexibility index (Phi) is 18.0. The van der Waals surface area contributed by atoms with Crippen LogP contribution >= 0.6 is 0 Å². The molecule has 1 N–H and O–H groups in total. The number of aromatic nitrogens is 1. The summed E-state index contributed by atoms with van der Waals surface area (Å²) in [5.74, 6) is 2.21. The van der Waals surface area contributed by atoms with Gasteiger partial charge in [0.2, 0.25) is 0 Å². The number of pyridine rings is 1. The van der Waals surface area contributed by atoms with Gasteiger partial charge in [0.25, 0.3) is 0 Å². The minimum absolute atomic E-state index is 0. The van der Waals surface area contributed by atoms with Gasteiger partial charge in [0.05, 0.1) is 5.76 Å². The minimum atomic E-state index is 0. The number of rotatable bonds is 11. The van der Waals surface area contributed by atoms with Crippen LogP contribution in [0.2, 0.25) is 0 Å². The van der Waals surface area contributed by atoms with Gasteiger partial charge in [-0.15, -0.1) is 34.9 Å². The molecule has 0 saturated heterocycles. The Hall–Kier alpha value is -2.29. The standard InChI is InChI=1S/C26H30N.C13H24O2.CH4.Ir/c1-4-5-20-6-8-21(9-7-20)23-11-10-22-12-13-27-26(25(22)17-23)24-15-18(2)14-19(3)16-24;1-5-10(6-2)12(14)9-13(15)11(7-3)8-4;;/h10-15,17,20-21H,4-9H2,1-3H3;9-11,14H,5-8H2,1-4H3;1H4;/q-1;;;. The molecule has 1 aliphatic carbocycles. The third-order valence-corrected chi connectivity index (χ3v) is 9.29. The Bertz CT molecular complexity index is 1290. The number of nitrogens with zero attached hydrogens (tertiary/aromatic N) is 1. The first-order chi connectivity index (χ1) is 20.2. The van der Waals surface area contributed by atoms with E-state index in [4.69, 9.17) is 4.98 Å². The number of allylic oxidation sites excluding steroid dienone is 2. The molecule has 0 atom stereocenters. The summed E-state index contributed by atoms with van der Waals surface area (Å²) in [4.78, 5) is 16.5. The van der Waals surface area contributed by atoms with Crippen molar-refractivity contribution < 1.29 is 30.0 Å². The number of carbonyl (C=O) groups excluding carboxylic acids is 1. The fraction of sp³-hybridized carbons (Fsp3) is 0.550. The Morgan fingerprint density at radius 2 is 1.57 bits per heavy atom. The third-order valence-electron chi connectivity index (χ3n) is 9.29. The van der Waals surface area contributed by atoms with Crippen molar-refractivity contribution >= 4 is 16.6 Å². The predicted molar refractivity (Wildman–Crippen MR) is 186 cm³/mol. The number of aliphatic hydroxyl groups is 1. The van der Waals surface area contributed by atoms with Crippen LogP contribution in [0.15, 0.2) is 54.4 Å². The molecule has 1 saturated carbocycles. The number of aliphatic hydroxyl groups excluding tert-OH is 1. The van der Waals surface area contributed by atoms with E-state index >= 15 is 0 Å². The van der Waals surface area contributed by atoms with Gasteiger partial charge in [0.15, 0.2) is 5.78 Å². The monoisotopic (exact) mass is 777 g/mol. The second-order valence-electron chi connectivity index (χ2n) is 12.4. The quantitative estimate of drug-likeness (QED) is 0.120. The molecule has 0 unspecified atom stereocenters. The first kappa shape index (κ1) is 39.7. The normalized spacial score (nSPS) is 16.6. The molecule has 0 spiro atoms. The van der Waals surface area contributed by atoms with E-state index in [0.29, 0.717) is 5.92 Å². The topological polar surface area (TPSA) is 50.2 Å². The van der Waals surface area contributed by atoms with Crippen molar-refractivity contribution in [3.63, 3.8) is 0 Å². The van der Waals surface area contributed by atoms with Crippen molar-refractivity contribution in [3.8, 4) is 11.3 Å². The molecule has 1 fully saturated rings. The van der Waals surface area contributed by atoms with Crippen LogP contribution in [0.1, 0.15) is 129 Å². The number of benzene rings is 2. The van der Waals surface area contributed by atoms with Gasteiger partial charge >= 0.3 is 0 Å². The molecular formula is C40H58IrNO2-. The van der Waals surface area contributed by atoms with E-state index in [0.717, 1.165) is 42.9 Å². The Morgan fingerprint density at radius 3 is 2.14 bits per heavy atom. The zero-order chi connectivity index (χ0) is 30.6. The van der Waals surface area contributed by atoms with Gasteiger partial charge in [-0.3, -0.25) is 4.79 Å². The first-order valence-corrected chi connectivity index (χ1v) is 16.6. The molecule has 3 nitrogen and oxygen atoms in total. The molecule has 1 radical (unpaired) electrons. The first-order valence-electron chi connectivity index (χ1n) is 16.6. The van der Waals surface area contributed by atoms with Crippen molar-refractivity contribution in [2.24, 2.45) is 17.8 Å². The van der Waals surface area contributed by atoms with Gasteiger partial charge in [0.1, 0.15) is 0 Å². The molecule has 0 aliphatic heterocycles. The number of ketones is 1. The molecule has 245 valence electrons. The molecule has 1 aliphatic rings. The summed E-state index contributed by atoms with van der Waals surface area (Å²) in [5, 5.41) is 12.3. The summed E-state index contributed by atoms with van der Waals surface area (Å²) in [5.41, 5.74) is 6.12. The van der Waals surface area contributed by atoms with Crippen LogP contribution in [-0.2, 0) is 24.9 Å². The van der Waals surface area contributed by atoms with Crippen molar-refractivity contribution in [2.75, 3.05) is 0 Å². The zero-order valence-corrected chi connectivity index (χ0v) is 30.0. The average molecular weight is 777 g/mol. The molecule has 0 bridgehead atoms. The van der Waals surface area contributed by atoms with E-state index < -0.39 is 0 Å². The maximum Gasteiger partial charge on any atom is 0.162 e. The van der Waals surface area contributed by atoms with E-state index in [2.05, 4.69) is 63.2 Å². The number of aryl methyl sites for hydroxylation is 2. The predicted octanol–water partition coefficient (Wildman–Crippen LogP) is 11.9. The van der Waals surface area contributed by atoms with Crippen LogP contribution in [-0.4, -0.2) is 15.9 Å². The summed E-state index contributed by atoms with van der Waals surface area (Å²) in [6.07, 6.45) is 15.0. The van der Waals surface area contributed by atoms with Crippen molar-refractivity contribution in [2.45, 2.75) is 126 Å². The SMILES string of the molecule is C.CCC(CC)C(=O)C=C(O)C(CC)CC.CCCC1CCC(c2ccc3ccnc(-c4[c-]c(C)cc(C)c4)c3c2)CC1.[Ir]. The summed E-state index contributed by atoms with van der Waals surface area (Å²) in [7, 11) is 0. The van der Waals surface area contributed by atoms with Gasteiger partial charge < -0.3 is 10.1 Å². The fourth-order valence-corrected chi connectivity index (χ4v) is 6.65. The second kappa shape index (κ2) is 20.0. The van der Waals surface area contributed by atoms with Crippen LogP contribution in [0.25, 0.3) is 22.0 Å². The maximum absolute atomic E-state index is 11.7. The van der Waals surface area contributed by atoms with Gasteiger partial charge in [-0.05, 0) is 91.3 Å². The largest absolute Gasteiger partial charge is 0.512 e. The zero-order valence-electron chi connectivity index (χ0n) is 27.6. The maximum atomic E-state index is 11.7. The fourth-order valence-electron chi connectivity index (χ4n) is 6.65. The summed E-state index contributed by atoms with van der Waals surface area (Å²) < 4.78 is 0. The van der Waals surface area contributed by atoms with Gasteiger partial charge in [-0.25, -0.2) is 0 Å². The van der Waals surface area contributed by atoms with Gasteiger partial charge in [0, 0.05) is 44.2 Å². The molecular weight excluding hydrogens is 719 g/mol. The molecule has 4 rings (SSSR count). The number of carbonyl (C=O) groups is 1.